The number of aliphatic hydroxyl groups is 1. The Morgan fingerprint density at radius 1 is 1.05 bits per heavy atom. The number of nitrogens with one attached hydrogen (secondary N) is 2. The minimum absolute atomic E-state index is 0.100. The second-order valence-corrected chi connectivity index (χ2v) is 9.36. The lowest BCUT2D eigenvalue weighted by molar-refractivity contribution is -0.111. The molecule has 1 fully saturated rings. The molecule has 1 amide bonds. The molecule has 0 bridgehead atoms. The summed E-state index contributed by atoms with van der Waals surface area (Å²) in [5.41, 5.74) is 5.81. The van der Waals surface area contributed by atoms with Gasteiger partial charge in [0.1, 0.15) is 6.67 Å². The summed E-state index contributed by atoms with van der Waals surface area (Å²) < 4.78 is 12.7. The molecule has 5 rings (SSSR count). The summed E-state index contributed by atoms with van der Waals surface area (Å²) in [5, 5.41) is 17.1. The normalized spacial score (nSPS) is 13.8. The molecule has 0 aliphatic carbocycles. The molecule has 0 radical (unpaired) electrons. The predicted octanol–water partition coefficient (Wildman–Crippen LogP) is 4.75. The van der Waals surface area contributed by atoms with Crippen molar-refractivity contribution in [2.75, 3.05) is 54.9 Å². The Bertz CT molecular complexity index is 1490. The van der Waals surface area contributed by atoms with Crippen LogP contribution in [0.1, 0.15) is 5.56 Å². The standard InChI is InChI=1S/C30H31FN6O2/c1-2-28(39)33-24-7-3-5-21(17-24)26-8-4-6-22-19-32-30(35-29(22)26)34-25-9-10-27(23(18-25)20-38)37-15-13-36(12-11-31)14-16-37/h2-10,17-19,38H,1,11-16,20H2,(H,33,39)(H,32,34,35). The minimum Gasteiger partial charge on any atom is -0.392 e. The SMILES string of the molecule is C=CC(=O)Nc1cccc(-c2cccc3cnc(Nc4ccc(N5CCN(CCF)CC5)c(CO)c4)nc23)c1. The highest BCUT2D eigenvalue weighted by atomic mass is 19.1. The lowest BCUT2D eigenvalue weighted by atomic mass is 10.0. The number of piperazine rings is 1. The fraction of sp³-hybridized carbons (Fsp3) is 0.233. The van der Waals surface area contributed by atoms with E-state index in [1.165, 1.54) is 6.08 Å². The molecular formula is C30H31FN6O2. The molecule has 3 aromatic carbocycles. The van der Waals surface area contributed by atoms with Gasteiger partial charge in [-0.25, -0.2) is 14.4 Å². The van der Waals surface area contributed by atoms with Crippen molar-refractivity contribution in [1.82, 2.24) is 14.9 Å². The number of carbonyl (C=O) groups excluding carboxylic acids is 1. The fourth-order valence-electron chi connectivity index (χ4n) is 4.87. The lowest BCUT2D eigenvalue weighted by Gasteiger charge is -2.36. The van der Waals surface area contributed by atoms with Gasteiger partial charge in [0.25, 0.3) is 0 Å². The van der Waals surface area contributed by atoms with Crippen LogP contribution in [-0.4, -0.2) is 65.3 Å². The summed E-state index contributed by atoms with van der Waals surface area (Å²) in [5.74, 6) is 0.161. The van der Waals surface area contributed by atoms with E-state index in [4.69, 9.17) is 4.98 Å². The van der Waals surface area contributed by atoms with Crippen LogP contribution in [0.2, 0.25) is 0 Å². The van der Waals surface area contributed by atoms with Crippen LogP contribution in [-0.2, 0) is 11.4 Å². The first-order valence-electron chi connectivity index (χ1n) is 12.9. The number of amides is 1. The topological polar surface area (TPSA) is 93.6 Å². The van der Waals surface area contributed by atoms with Crippen molar-refractivity contribution < 1.29 is 14.3 Å². The van der Waals surface area contributed by atoms with Gasteiger partial charge in [0, 0.05) is 72.5 Å². The fourth-order valence-corrected chi connectivity index (χ4v) is 4.87. The second kappa shape index (κ2) is 12.0. The van der Waals surface area contributed by atoms with Crippen molar-refractivity contribution in [3.8, 4) is 11.1 Å². The van der Waals surface area contributed by atoms with Gasteiger partial charge >= 0.3 is 0 Å². The summed E-state index contributed by atoms with van der Waals surface area (Å²) in [6, 6.07) is 19.3. The molecule has 200 valence electrons. The number of nitrogens with zero attached hydrogens (tertiary/aromatic N) is 4. The van der Waals surface area contributed by atoms with E-state index in [0.29, 0.717) is 18.2 Å². The largest absolute Gasteiger partial charge is 0.392 e. The van der Waals surface area contributed by atoms with Crippen LogP contribution in [0.4, 0.5) is 27.4 Å². The van der Waals surface area contributed by atoms with Crippen molar-refractivity contribution in [3.63, 3.8) is 0 Å². The van der Waals surface area contributed by atoms with Gasteiger partial charge in [-0.05, 0) is 42.0 Å². The smallest absolute Gasteiger partial charge is 0.247 e. The number of halogens is 1. The van der Waals surface area contributed by atoms with Gasteiger partial charge in [-0.15, -0.1) is 0 Å². The summed E-state index contributed by atoms with van der Waals surface area (Å²) in [7, 11) is 0. The average molecular weight is 527 g/mol. The van der Waals surface area contributed by atoms with Gasteiger partial charge in [-0.1, -0.05) is 36.9 Å². The molecule has 4 aromatic rings. The zero-order valence-corrected chi connectivity index (χ0v) is 21.6. The van der Waals surface area contributed by atoms with Gasteiger partial charge in [0.05, 0.1) is 12.1 Å². The van der Waals surface area contributed by atoms with Crippen LogP contribution in [0, 0.1) is 0 Å². The van der Waals surface area contributed by atoms with E-state index in [0.717, 1.165) is 65.1 Å². The predicted molar refractivity (Wildman–Crippen MR) is 154 cm³/mol. The summed E-state index contributed by atoms with van der Waals surface area (Å²) in [6.45, 7) is 6.71. The molecule has 0 atom stereocenters. The number of para-hydroxylation sites is 1. The molecule has 9 heteroatoms. The van der Waals surface area contributed by atoms with E-state index < -0.39 is 0 Å². The Morgan fingerprint density at radius 3 is 2.64 bits per heavy atom. The molecule has 0 saturated carbocycles. The van der Waals surface area contributed by atoms with Crippen LogP contribution in [0.3, 0.4) is 0 Å². The lowest BCUT2D eigenvalue weighted by Crippen LogP contribution is -2.47. The zero-order valence-electron chi connectivity index (χ0n) is 21.6. The molecule has 1 saturated heterocycles. The van der Waals surface area contributed by atoms with E-state index in [1.54, 1.807) is 6.20 Å². The van der Waals surface area contributed by atoms with E-state index >= 15 is 0 Å². The molecule has 1 aromatic heterocycles. The summed E-state index contributed by atoms with van der Waals surface area (Å²) in [6.07, 6.45) is 3.01. The number of aromatic nitrogens is 2. The maximum absolute atomic E-state index is 12.7. The van der Waals surface area contributed by atoms with Crippen LogP contribution < -0.4 is 15.5 Å². The first-order chi connectivity index (χ1) is 19.1. The Labute approximate surface area is 226 Å². The van der Waals surface area contributed by atoms with Crippen molar-refractivity contribution in [2.24, 2.45) is 0 Å². The van der Waals surface area contributed by atoms with Gasteiger partial charge in [0.2, 0.25) is 11.9 Å². The molecule has 1 aliphatic rings. The Kier molecular flexibility index (Phi) is 8.10. The molecule has 0 spiro atoms. The van der Waals surface area contributed by atoms with Crippen LogP contribution in [0.25, 0.3) is 22.0 Å². The molecule has 8 nitrogen and oxygen atoms in total. The van der Waals surface area contributed by atoms with E-state index in [9.17, 15) is 14.3 Å². The summed E-state index contributed by atoms with van der Waals surface area (Å²) >= 11 is 0. The van der Waals surface area contributed by atoms with E-state index in [1.807, 2.05) is 60.7 Å². The molecule has 2 heterocycles. The summed E-state index contributed by atoms with van der Waals surface area (Å²) in [4.78, 5) is 25.4. The number of anilines is 4. The van der Waals surface area contributed by atoms with Crippen molar-refractivity contribution in [3.05, 3.63) is 85.1 Å². The number of benzene rings is 3. The Balaban J connectivity index is 1.39. The van der Waals surface area contributed by atoms with Gasteiger partial charge in [-0.2, -0.15) is 0 Å². The zero-order chi connectivity index (χ0) is 27.2. The van der Waals surface area contributed by atoms with E-state index in [2.05, 4.69) is 32.0 Å². The van der Waals surface area contributed by atoms with Crippen molar-refractivity contribution >= 4 is 39.8 Å². The molecular weight excluding hydrogens is 495 g/mol. The number of aliphatic hydroxyl groups excluding tert-OH is 1. The number of carbonyl (C=O) groups is 1. The minimum atomic E-state index is -0.332. The first-order valence-corrected chi connectivity index (χ1v) is 12.9. The van der Waals surface area contributed by atoms with Crippen LogP contribution >= 0.6 is 0 Å². The molecule has 1 aliphatic heterocycles. The van der Waals surface area contributed by atoms with E-state index in [-0.39, 0.29) is 19.2 Å². The third-order valence-electron chi connectivity index (χ3n) is 6.86. The first kappa shape index (κ1) is 26.3. The van der Waals surface area contributed by atoms with Gasteiger partial charge in [-0.3, -0.25) is 9.69 Å². The van der Waals surface area contributed by atoms with Crippen LogP contribution in [0.5, 0.6) is 0 Å². The number of hydrogen-bond acceptors (Lipinski definition) is 7. The van der Waals surface area contributed by atoms with Gasteiger partial charge < -0.3 is 20.6 Å². The third-order valence-corrected chi connectivity index (χ3v) is 6.86. The van der Waals surface area contributed by atoms with Gasteiger partial charge in [0.15, 0.2) is 0 Å². The van der Waals surface area contributed by atoms with Crippen LogP contribution in [0.15, 0.2) is 79.5 Å². The van der Waals surface area contributed by atoms with Crippen molar-refractivity contribution in [2.45, 2.75) is 6.61 Å². The number of rotatable bonds is 9. The van der Waals surface area contributed by atoms with Crippen molar-refractivity contribution in [1.29, 1.82) is 0 Å². The third kappa shape index (κ3) is 6.05. The highest BCUT2D eigenvalue weighted by Crippen LogP contribution is 2.31. The quantitative estimate of drug-likeness (QED) is 0.271. The molecule has 3 N–H and O–H groups in total. The molecule has 0 unspecified atom stereocenters. The maximum atomic E-state index is 12.7. The Hall–Kier alpha value is -4.34. The highest BCUT2D eigenvalue weighted by Gasteiger charge is 2.19. The molecule has 39 heavy (non-hydrogen) atoms. The number of fused-ring (bicyclic) bond motifs is 1. The Morgan fingerprint density at radius 2 is 1.87 bits per heavy atom. The maximum Gasteiger partial charge on any atom is 0.247 e. The second-order valence-electron chi connectivity index (χ2n) is 9.36. The monoisotopic (exact) mass is 526 g/mol. The number of alkyl halides is 1. The number of hydrogen-bond donors (Lipinski definition) is 3. The average Bonchev–Trinajstić information content (AvgIpc) is 2.97. The highest BCUT2D eigenvalue weighted by molar-refractivity contribution is 6.00.